The van der Waals surface area contributed by atoms with E-state index in [1.165, 1.54) is 11.3 Å². The van der Waals surface area contributed by atoms with E-state index in [1.807, 2.05) is 42.8 Å². The first-order valence-corrected chi connectivity index (χ1v) is 9.45. The van der Waals surface area contributed by atoms with Gasteiger partial charge >= 0.3 is 0 Å². The summed E-state index contributed by atoms with van der Waals surface area (Å²) < 4.78 is 6.45. The number of benzene rings is 2. The first-order valence-electron chi connectivity index (χ1n) is 7.49. The van der Waals surface area contributed by atoms with Crippen LogP contribution in [0.5, 0.6) is 5.75 Å². The van der Waals surface area contributed by atoms with Gasteiger partial charge in [0.15, 0.2) is 5.13 Å². The van der Waals surface area contributed by atoms with Crippen LogP contribution in [0.3, 0.4) is 0 Å². The third-order valence-electron chi connectivity index (χ3n) is 3.57. The molecule has 0 fully saturated rings. The Morgan fingerprint density at radius 2 is 1.96 bits per heavy atom. The van der Waals surface area contributed by atoms with Gasteiger partial charge in [0.05, 0.1) is 18.5 Å². The van der Waals surface area contributed by atoms with Crippen molar-refractivity contribution in [1.82, 2.24) is 4.98 Å². The van der Waals surface area contributed by atoms with Gasteiger partial charge in [0.2, 0.25) is 0 Å². The monoisotopic (exact) mass is 465 g/mol. The molecule has 1 amide bonds. The molecule has 0 aliphatic rings. The first-order chi connectivity index (χ1) is 12.1. The molecule has 25 heavy (non-hydrogen) atoms. The maximum absolute atomic E-state index is 12.5. The molecule has 0 bridgehead atoms. The highest BCUT2D eigenvalue weighted by Gasteiger charge is 2.12. The number of carbonyl (C=O) groups is 1. The van der Waals surface area contributed by atoms with Crippen molar-refractivity contribution in [2.75, 3.05) is 24.8 Å². The predicted octanol–water partition coefficient (Wildman–Crippen LogP) is 4.72. The summed E-state index contributed by atoms with van der Waals surface area (Å²) in [5.74, 6) is 0.424. The fourth-order valence-electron chi connectivity index (χ4n) is 2.28. The van der Waals surface area contributed by atoms with Crippen molar-refractivity contribution in [1.29, 1.82) is 0 Å². The number of halogens is 1. The Kier molecular flexibility index (Phi) is 5.54. The smallest absolute Gasteiger partial charge is 0.255 e. The van der Waals surface area contributed by atoms with E-state index in [2.05, 4.69) is 38.2 Å². The SMILES string of the molecule is CNc1nc(-c2ccc(OC)c(NC(=O)c3ccc(I)cc3)c2)cs1. The summed E-state index contributed by atoms with van der Waals surface area (Å²) in [5.41, 5.74) is 2.97. The van der Waals surface area contributed by atoms with Crippen LogP contribution in [0, 0.1) is 3.57 Å². The Hall–Kier alpha value is -2.13. The molecule has 1 aromatic heterocycles. The number of hydrogen-bond donors (Lipinski definition) is 2. The highest BCUT2D eigenvalue weighted by Crippen LogP contribution is 2.32. The first kappa shape index (κ1) is 17.7. The van der Waals surface area contributed by atoms with Crippen LogP contribution in [0.4, 0.5) is 10.8 Å². The van der Waals surface area contributed by atoms with Crippen LogP contribution in [0.25, 0.3) is 11.3 Å². The molecule has 5 nitrogen and oxygen atoms in total. The van der Waals surface area contributed by atoms with E-state index in [9.17, 15) is 4.79 Å². The zero-order chi connectivity index (χ0) is 17.8. The lowest BCUT2D eigenvalue weighted by Crippen LogP contribution is -2.12. The van der Waals surface area contributed by atoms with Crippen LogP contribution >= 0.6 is 33.9 Å². The number of nitrogens with one attached hydrogen (secondary N) is 2. The zero-order valence-electron chi connectivity index (χ0n) is 13.7. The summed E-state index contributed by atoms with van der Waals surface area (Å²) in [5, 5.41) is 8.76. The molecule has 2 N–H and O–H groups in total. The van der Waals surface area contributed by atoms with Crippen molar-refractivity contribution >= 4 is 50.7 Å². The fourth-order valence-corrected chi connectivity index (χ4v) is 3.32. The van der Waals surface area contributed by atoms with Crippen molar-refractivity contribution in [3.8, 4) is 17.0 Å². The molecule has 7 heteroatoms. The molecule has 0 unspecified atom stereocenters. The lowest BCUT2D eigenvalue weighted by atomic mass is 10.1. The average molecular weight is 465 g/mol. The van der Waals surface area contributed by atoms with Gasteiger partial charge in [-0.15, -0.1) is 11.3 Å². The summed E-state index contributed by atoms with van der Waals surface area (Å²) >= 11 is 3.74. The van der Waals surface area contributed by atoms with Crippen LogP contribution in [-0.2, 0) is 0 Å². The highest BCUT2D eigenvalue weighted by atomic mass is 127. The second kappa shape index (κ2) is 7.83. The summed E-state index contributed by atoms with van der Waals surface area (Å²) in [6.07, 6.45) is 0. The largest absolute Gasteiger partial charge is 0.495 e. The number of amides is 1. The standard InChI is InChI=1S/C18H16IN3O2S/c1-20-18-22-15(10-25-18)12-5-8-16(24-2)14(9-12)21-17(23)11-3-6-13(19)7-4-11/h3-10H,1-2H3,(H,20,22)(H,21,23). The Morgan fingerprint density at radius 3 is 2.60 bits per heavy atom. The summed E-state index contributed by atoms with van der Waals surface area (Å²) in [6.45, 7) is 0. The quantitative estimate of drug-likeness (QED) is 0.536. The normalized spacial score (nSPS) is 10.4. The lowest BCUT2D eigenvalue weighted by molar-refractivity contribution is 0.102. The number of methoxy groups -OCH3 is 1. The van der Waals surface area contributed by atoms with Crippen molar-refractivity contribution in [3.05, 3.63) is 57.0 Å². The Morgan fingerprint density at radius 1 is 1.20 bits per heavy atom. The fraction of sp³-hybridized carbons (Fsp3) is 0.111. The van der Waals surface area contributed by atoms with Crippen LogP contribution in [0.2, 0.25) is 0 Å². The predicted molar refractivity (Wildman–Crippen MR) is 111 cm³/mol. The van der Waals surface area contributed by atoms with Crippen LogP contribution in [0.1, 0.15) is 10.4 Å². The van der Waals surface area contributed by atoms with Gasteiger partial charge in [0.1, 0.15) is 5.75 Å². The van der Waals surface area contributed by atoms with Gasteiger partial charge in [-0.05, 0) is 65.1 Å². The van der Waals surface area contributed by atoms with Crippen LogP contribution in [0.15, 0.2) is 47.8 Å². The van der Waals surface area contributed by atoms with E-state index in [-0.39, 0.29) is 5.91 Å². The number of rotatable bonds is 5. The molecule has 2 aromatic carbocycles. The number of aromatic nitrogens is 1. The molecule has 0 radical (unpaired) electrons. The molecule has 0 aliphatic carbocycles. The molecule has 0 spiro atoms. The third kappa shape index (κ3) is 4.10. The average Bonchev–Trinajstić information content (AvgIpc) is 3.11. The van der Waals surface area contributed by atoms with Gasteiger partial charge in [-0.1, -0.05) is 0 Å². The van der Waals surface area contributed by atoms with Crippen LogP contribution < -0.4 is 15.4 Å². The van der Waals surface area contributed by atoms with Crippen molar-refractivity contribution in [2.24, 2.45) is 0 Å². The Bertz CT molecular complexity index is 894. The minimum Gasteiger partial charge on any atom is -0.495 e. The molecule has 3 rings (SSSR count). The number of anilines is 2. The lowest BCUT2D eigenvalue weighted by Gasteiger charge is -2.12. The number of thiazole rings is 1. The minimum absolute atomic E-state index is 0.180. The van der Waals surface area contributed by atoms with E-state index >= 15 is 0 Å². The van der Waals surface area contributed by atoms with Gasteiger partial charge < -0.3 is 15.4 Å². The van der Waals surface area contributed by atoms with Gasteiger partial charge in [0, 0.05) is 27.1 Å². The summed E-state index contributed by atoms with van der Waals surface area (Å²) in [6, 6.07) is 13.0. The molecule has 1 heterocycles. The van der Waals surface area contributed by atoms with E-state index < -0.39 is 0 Å². The van der Waals surface area contributed by atoms with Gasteiger partial charge in [0.25, 0.3) is 5.91 Å². The third-order valence-corrected chi connectivity index (χ3v) is 5.15. The molecule has 3 aromatic rings. The molecule has 0 saturated carbocycles. The Balaban J connectivity index is 1.89. The molecular formula is C18H16IN3O2S. The molecule has 128 valence electrons. The molecule has 0 saturated heterocycles. The second-order valence-electron chi connectivity index (χ2n) is 5.16. The topological polar surface area (TPSA) is 63.3 Å². The van der Waals surface area contributed by atoms with Gasteiger partial charge in [-0.3, -0.25) is 4.79 Å². The summed E-state index contributed by atoms with van der Waals surface area (Å²) in [4.78, 5) is 17.0. The number of nitrogens with zero attached hydrogens (tertiary/aromatic N) is 1. The molecule has 0 aliphatic heterocycles. The zero-order valence-corrected chi connectivity index (χ0v) is 16.6. The second-order valence-corrected chi connectivity index (χ2v) is 7.27. The minimum atomic E-state index is -0.180. The maximum atomic E-state index is 12.5. The number of carbonyl (C=O) groups excluding carboxylic acids is 1. The molecular weight excluding hydrogens is 449 g/mol. The Labute approximate surface area is 163 Å². The van der Waals surface area contributed by atoms with E-state index in [0.29, 0.717) is 17.0 Å². The van der Waals surface area contributed by atoms with E-state index in [1.54, 1.807) is 19.2 Å². The van der Waals surface area contributed by atoms with E-state index in [0.717, 1.165) is 20.0 Å². The molecule has 0 atom stereocenters. The van der Waals surface area contributed by atoms with Crippen molar-refractivity contribution < 1.29 is 9.53 Å². The number of ether oxygens (including phenoxy) is 1. The maximum Gasteiger partial charge on any atom is 0.255 e. The van der Waals surface area contributed by atoms with Crippen LogP contribution in [-0.4, -0.2) is 25.0 Å². The summed E-state index contributed by atoms with van der Waals surface area (Å²) in [7, 11) is 3.42. The van der Waals surface area contributed by atoms with Gasteiger partial charge in [-0.25, -0.2) is 4.98 Å². The number of hydrogen-bond acceptors (Lipinski definition) is 5. The van der Waals surface area contributed by atoms with Gasteiger partial charge in [-0.2, -0.15) is 0 Å². The van der Waals surface area contributed by atoms with Crippen molar-refractivity contribution in [2.45, 2.75) is 0 Å². The van der Waals surface area contributed by atoms with Crippen molar-refractivity contribution in [3.63, 3.8) is 0 Å². The van der Waals surface area contributed by atoms with E-state index in [4.69, 9.17) is 4.74 Å². The highest BCUT2D eigenvalue weighted by molar-refractivity contribution is 14.1.